The predicted octanol–water partition coefficient (Wildman–Crippen LogP) is 2.14. The van der Waals surface area contributed by atoms with Crippen molar-refractivity contribution in [2.75, 3.05) is 19.6 Å². The number of nitrogens with one attached hydrogen (secondary N) is 1. The number of para-hydroxylation sites is 2. The summed E-state index contributed by atoms with van der Waals surface area (Å²) in [6.07, 6.45) is 2.71. The van der Waals surface area contributed by atoms with Gasteiger partial charge in [0.15, 0.2) is 0 Å². The molecule has 0 fully saturated rings. The highest BCUT2D eigenvalue weighted by atomic mass is 16.2. The SMILES string of the molecule is C=CC(=O)NCCCc1nc2ccccc2n1CC(=O)N(CC)CC. The predicted molar refractivity (Wildman–Crippen MR) is 99.2 cm³/mol. The van der Waals surface area contributed by atoms with Gasteiger partial charge in [-0.05, 0) is 38.5 Å². The van der Waals surface area contributed by atoms with E-state index in [2.05, 4.69) is 16.9 Å². The van der Waals surface area contributed by atoms with Crippen molar-refractivity contribution in [3.05, 3.63) is 42.7 Å². The number of rotatable bonds is 9. The number of amides is 2. The second kappa shape index (κ2) is 9.01. The van der Waals surface area contributed by atoms with Crippen LogP contribution in [0.3, 0.4) is 0 Å². The Morgan fingerprint density at radius 2 is 2.00 bits per heavy atom. The summed E-state index contributed by atoms with van der Waals surface area (Å²) in [7, 11) is 0. The summed E-state index contributed by atoms with van der Waals surface area (Å²) >= 11 is 0. The molecule has 1 aromatic heterocycles. The lowest BCUT2D eigenvalue weighted by atomic mass is 10.3. The fraction of sp³-hybridized carbons (Fsp3) is 0.421. The molecule has 6 nitrogen and oxygen atoms in total. The summed E-state index contributed by atoms with van der Waals surface area (Å²) in [6, 6.07) is 7.84. The molecule has 0 aliphatic heterocycles. The molecule has 0 radical (unpaired) electrons. The normalized spacial score (nSPS) is 10.6. The van der Waals surface area contributed by atoms with E-state index >= 15 is 0 Å². The lowest BCUT2D eigenvalue weighted by Gasteiger charge is -2.20. The molecule has 2 aromatic rings. The van der Waals surface area contributed by atoms with Gasteiger partial charge >= 0.3 is 0 Å². The van der Waals surface area contributed by atoms with Gasteiger partial charge in [0.1, 0.15) is 12.4 Å². The van der Waals surface area contributed by atoms with Gasteiger partial charge in [0, 0.05) is 26.1 Å². The number of aryl methyl sites for hydroxylation is 1. The number of benzene rings is 1. The summed E-state index contributed by atoms with van der Waals surface area (Å²) in [6.45, 7) is 9.64. The molecule has 0 bridgehead atoms. The second-order valence-electron chi connectivity index (χ2n) is 5.77. The Bertz CT molecular complexity index is 747. The van der Waals surface area contributed by atoms with Gasteiger partial charge in [0.05, 0.1) is 11.0 Å². The standard InChI is InChI=1S/C19H26N4O2/c1-4-18(24)20-13-9-12-17-21-15-10-7-8-11-16(15)23(17)14-19(25)22(5-2)6-3/h4,7-8,10-11H,1,5-6,9,12-14H2,2-3H3,(H,20,24). The average molecular weight is 342 g/mol. The van der Waals surface area contributed by atoms with Gasteiger partial charge in [0.2, 0.25) is 11.8 Å². The van der Waals surface area contributed by atoms with Crippen molar-refractivity contribution in [1.29, 1.82) is 0 Å². The Balaban J connectivity index is 2.16. The second-order valence-corrected chi connectivity index (χ2v) is 5.77. The van der Waals surface area contributed by atoms with Crippen molar-refractivity contribution in [3.8, 4) is 0 Å². The summed E-state index contributed by atoms with van der Waals surface area (Å²) in [5.74, 6) is 0.786. The largest absolute Gasteiger partial charge is 0.353 e. The van der Waals surface area contributed by atoms with Gasteiger partial charge in [0.25, 0.3) is 0 Å². The van der Waals surface area contributed by atoms with Gasteiger partial charge in [-0.3, -0.25) is 9.59 Å². The molecule has 0 spiro atoms. The monoisotopic (exact) mass is 342 g/mol. The van der Waals surface area contributed by atoms with Gasteiger partial charge in [-0.2, -0.15) is 0 Å². The lowest BCUT2D eigenvalue weighted by molar-refractivity contribution is -0.131. The first-order valence-electron chi connectivity index (χ1n) is 8.72. The zero-order valence-corrected chi connectivity index (χ0v) is 15.0. The Morgan fingerprint density at radius 3 is 2.68 bits per heavy atom. The maximum atomic E-state index is 12.5. The van der Waals surface area contributed by atoms with E-state index in [4.69, 9.17) is 0 Å². The summed E-state index contributed by atoms with van der Waals surface area (Å²) in [5.41, 5.74) is 1.85. The molecule has 0 aliphatic rings. The van der Waals surface area contributed by atoms with Crippen LogP contribution in [0.2, 0.25) is 0 Å². The average Bonchev–Trinajstić information content (AvgIpc) is 2.97. The van der Waals surface area contributed by atoms with E-state index in [0.717, 1.165) is 23.3 Å². The molecular weight excluding hydrogens is 316 g/mol. The van der Waals surface area contributed by atoms with Crippen molar-refractivity contribution < 1.29 is 9.59 Å². The van der Waals surface area contributed by atoms with E-state index in [1.54, 1.807) is 0 Å². The van der Waals surface area contributed by atoms with Crippen LogP contribution in [0, 0.1) is 0 Å². The highest BCUT2D eigenvalue weighted by molar-refractivity contribution is 5.86. The first-order valence-corrected chi connectivity index (χ1v) is 8.72. The number of carbonyl (C=O) groups excluding carboxylic acids is 2. The molecule has 1 heterocycles. The van der Waals surface area contributed by atoms with Crippen LogP contribution >= 0.6 is 0 Å². The summed E-state index contributed by atoms with van der Waals surface area (Å²) < 4.78 is 1.99. The van der Waals surface area contributed by atoms with Crippen molar-refractivity contribution in [1.82, 2.24) is 19.8 Å². The Hall–Kier alpha value is -2.63. The minimum absolute atomic E-state index is 0.0920. The van der Waals surface area contributed by atoms with E-state index in [1.165, 1.54) is 6.08 Å². The molecule has 2 rings (SSSR count). The number of aromatic nitrogens is 2. The number of fused-ring (bicyclic) bond motifs is 1. The van der Waals surface area contributed by atoms with Crippen LogP contribution in [0.25, 0.3) is 11.0 Å². The molecule has 134 valence electrons. The van der Waals surface area contributed by atoms with Crippen LogP contribution in [0.4, 0.5) is 0 Å². The van der Waals surface area contributed by atoms with Gasteiger partial charge in [-0.1, -0.05) is 18.7 Å². The lowest BCUT2D eigenvalue weighted by Crippen LogP contribution is -2.33. The fourth-order valence-electron chi connectivity index (χ4n) is 2.83. The van der Waals surface area contributed by atoms with Gasteiger partial charge in [-0.25, -0.2) is 4.98 Å². The first kappa shape index (κ1) is 18.7. The highest BCUT2D eigenvalue weighted by Gasteiger charge is 2.16. The van der Waals surface area contributed by atoms with E-state index in [9.17, 15) is 9.59 Å². The van der Waals surface area contributed by atoms with E-state index < -0.39 is 0 Å². The summed E-state index contributed by atoms with van der Waals surface area (Å²) in [5, 5.41) is 2.76. The van der Waals surface area contributed by atoms with Crippen LogP contribution in [0.1, 0.15) is 26.1 Å². The van der Waals surface area contributed by atoms with Crippen LogP contribution in [-0.4, -0.2) is 45.9 Å². The van der Waals surface area contributed by atoms with Crippen LogP contribution in [0.15, 0.2) is 36.9 Å². The van der Waals surface area contributed by atoms with Crippen molar-refractivity contribution in [2.45, 2.75) is 33.2 Å². The van der Waals surface area contributed by atoms with Crippen LogP contribution in [-0.2, 0) is 22.6 Å². The quantitative estimate of drug-likeness (QED) is 0.561. The van der Waals surface area contributed by atoms with E-state index in [-0.39, 0.29) is 18.4 Å². The van der Waals surface area contributed by atoms with Crippen LogP contribution in [0.5, 0.6) is 0 Å². The third-order valence-corrected chi connectivity index (χ3v) is 4.20. The number of imidazole rings is 1. The molecule has 25 heavy (non-hydrogen) atoms. The molecule has 0 saturated carbocycles. The third kappa shape index (κ3) is 4.68. The Morgan fingerprint density at radius 1 is 1.28 bits per heavy atom. The zero-order chi connectivity index (χ0) is 18.2. The molecule has 2 amide bonds. The Kier molecular flexibility index (Phi) is 6.74. The third-order valence-electron chi connectivity index (χ3n) is 4.20. The van der Waals surface area contributed by atoms with Gasteiger partial charge < -0.3 is 14.8 Å². The van der Waals surface area contributed by atoms with Crippen molar-refractivity contribution in [2.24, 2.45) is 0 Å². The highest BCUT2D eigenvalue weighted by Crippen LogP contribution is 2.17. The minimum atomic E-state index is -0.176. The fourth-order valence-corrected chi connectivity index (χ4v) is 2.83. The zero-order valence-electron chi connectivity index (χ0n) is 15.0. The molecular formula is C19H26N4O2. The molecule has 0 unspecified atom stereocenters. The maximum absolute atomic E-state index is 12.5. The van der Waals surface area contributed by atoms with E-state index in [0.29, 0.717) is 26.1 Å². The topological polar surface area (TPSA) is 67.2 Å². The number of hydrogen-bond donors (Lipinski definition) is 1. The number of likely N-dealkylation sites (N-methyl/N-ethyl adjacent to an activating group) is 1. The molecule has 0 saturated heterocycles. The maximum Gasteiger partial charge on any atom is 0.243 e. The smallest absolute Gasteiger partial charge is 0.243 e. The van der Waals surface area contributed by atoms with Crippen molar-refractivity contribution in [3.63, 3.8) is 0 Å². The van der Waals surface area contributed by atoms with Crippen molar-refractivity contribution >= 4 is 22.8 Å². The van der Waals surface area contributed by atoms with Crippen LogP contribution < -0.4 is 5.32 Å². The molecule has 0 aliphatic carbocycles. The Labute approximate surface area is 148 Å². The first-order chi connectivity index (χ1) is 12.1. The summed E-state index contributed by atoms with van der Waals surface area (Å²) in [4.78, 5) is 30.2. The molecule has 1 aromatic carbocycles. The number of carbonyl (C=O) groups is 2. The number of hydrogen-bond acceptors (Lipinski definition) is 3. The molecule has 6 heteroatoms. The minimum Gasteiger partial charge on any atom is -0.353 e. The van der Waals surface area contributed by atoms with E-state index in [1.807, 2.05) is 47.6 Å². The number of nitrogens with zero attached hydrogens (tertiary/aromatic N) is 3. The molecule has 1 N–H and O–H groups in total. The molecule has 0 atom stereocenters. The van der Waals surface area contributed by atoms with Gasteiger partial charge in [-0.15, -0.1) is 0 Å².